The third-order valence-electron chi connectivity index (χ3n) is 1.96. The first-order valence-corrected chi connectivity index (χ1v) is 5.56. The highest BCUT2D eigenvalue weighted by molar-refractivity contribution is 9.10. The van der Waals surface area contributed by atoms with E-state index in [0.717, 1.165) is 10.0 Å². The van der Waals surface area contributed by atoms with Gasteiger partial charge in [-0.05, 0) is 24.6 Å². The normalized spacial score (nSPS) is 12.2. The number of hydrogen-bond acceptors (Lipinski definition) is 2. The molecule has 0 heterocycles. The molecule has 0 unspecified atom stereocenters. The van der Waals surface area contributed by atoms with Crippen molar-refractivity contribution in [3.63, 3.8) is 0 Å². The standard InChI is InChI=1S/C11H14BrNO2/c1-8(7-14)13-11(15)6-9-2-4-10(12)5-3-9/h2-5,8,14H,6-7H2,1H3,(H,13,15)/t8-/m1/s1. The van der Waals surface area contributed by atoms with Crippen molar-refractivity contribution in [3.05, 3.63) is 34.3 Å². The molecule has 1 aromatic carbocycles. The molecule has 82 valence electrons. The molecule has 3 nitrogen and oxygen atoms in total. The first-order valence-electron chi connectivity index (χ1n) is 4.76. The fraction of sp³-hybridized carbons (Fsp3) is 0.364. The van der Waals surface area contributed by atoms with Crippen LogP contribution in [-0.2, 0) is 11.2 Å². The number of carbonyl (C=O) groups excluding carboxylic acids is 1. The van der Waals surface area contributed by atoms with Crippen molar-refractivity contribution in [2.75, 3.05) is 6.61 Å². The van der Waals surface area contributed by atoms with E-state index in [9.17, 15) is 4.79 Å². The minimum absolute atomic E-state index is 0.0356. The summed E-state index contributed by atoms with van der Waals surface area (Å²) in [7, 11) is 0. The van der Waals surface area contributed by atoms with Crippen LogP contribution in [0.4, 0.5) is 0 Å². The molecule has 4 heteroatoms. The van der Waals surface area contributed by atoms with E-state index in [1.165, 1.54) is 0 Å². The van der Waals surface area contributed by atoms with Crippen LogP contribution in [0.3, 0.4) is 0 Å². The number of aliphatic hydroxyl groups is 1. The number of hydrogen-bond donors (Lipinski definition) is 2. The highest BCUT2D eigenvalue weighted by Gasteiger charge is 2.06. The minimum atomic E-state index is -0.187. The minimum Gasteiger partial charge on any atom is -0.394 e. The Labute approximate surface area is 97.6 Å². The predicted octanol–water partition coefficient (Wildman–Crippen LogP) is 1.49. The zero-order valence-electron chi connectivity index (χ0n) is 8.53. The SMILES string of the molecule is C[C@H](CO)NC(=O)Cc1ccc(Br)cc1. The largest absolute Gasteiger partial charge is 0.394 e. The van der Waals surface area contributed by atoms with Gasteiger partial charge in [-0.2, -0.15) is 0 Å². The van der Waals surface area contributed by atoms with E-state index in [2.05, 4.69) is 21.2 Å². The smallest absolute Gasteiger partial charge is 0.224 e. The molecule has 0 saturated carbocycles. The van der Waals surface area contributed by atoms with Gasteiger partial charge in [0.25, 0.3) is 0 Å². The molecule has 1 aromatic rings. The Balaban J connectivity index is 2.48. The van der Waals surface area contributed by atoms with Gasteiger partial charge >= 0.3 is 0 Å². The van der Waals surface area contributed by atoms with Crippen LogP contribution in [0, 0.1) is 0 Å². The molecule has 0 aliphatic carbocycles. The third kappa shape index (κ3) is 4.44. The van der Waals surface area contributed by atoms with E-state index < -0.39 is 0 Å². The second kappa shape index (κ2) is 5.88. The number of nitrogens with one attached hydrogen (secondary N) is 1. The summed E-state index contributed by atoms with van der Waals surface area (Å²) in [5.74, 6) is -0.0705. The molecule has 2 N–H and O–H groups in total. The molecule has 0 aliphatic rings. The van der Waals surface area contributed by atoms with E-state index in [-0.39, 0.29) is 18.6 Å². The van der Waals surface area contributed by atoms with Gasteiger partial charge in [-0.25, -0.2) is 0 Å². The van der Waals surface area contributed by atoms with Gasteiger partial charge in [0, 0.05) is 10.5 Å². The summed E-state index contributed by atoms with van der Waals surface area (Å²) in [4.78, 5) is 11.4. The van der Waals surface area contributed by atoms with Gasteiger partial charge in [-0.15, -0.1) is 0 Å². The van der Waals surface area contributed by atoms with E-state index in [0.29, 0.717) is 6.42 Å². The summed E-state index contributed by atoms with van der Waals surface area (Å²) in [6.45, 7) is 1.73. The molecule has 1 amide bonds. The maximum Gasteiger partial charge on any atom is 0.224 e. The monoisotopic (exact) mass is 271 g/mol. The Morgan fingerprint density at radius 2 is 2.07 bits per heavy atom. The molecule has 0 aliphatic heterocycles. The van der Waals surface area contributed by atoms with Gasteiger partial charge in [0.2, 0.25) is 5.91 Å². The summed E-state index contributed by atoms with van der Waals surface area (Å²) >= 11 is 3.33. The highest BCUT2D eigenvalue weighted by Crippen LogP contribution is 2.10. The Morgan fingerprint density at radius 3 is 2.60 bits per heavy atom. The van der Waals surface area contributed by atoms with E-state index >= 15 is 0 Å². The van der Waals surface area contributed by atoms with Crippen molar-refractivity contribution < 1.29 is 9.90 Å². The molecular weight excluding hydrogens is 258 g/mol. The molecule has 1 rings (SSSR count). The van der Waals surface area contributed by atoms with E-state index in [1.54, 1.807) is 6.92 Å². The fourth-order valence-corrected chi connectivity index (χ4v) is 1.42. The molecule has 0 spiro atoms. The molecule has 0 aromatic heterocycles. The zero-order chi connectivity index (χ0) is 11.3. The van der Waals surface area contributed by atoms with Gasteiger partial charge in [0.15, 0.2) is 0 Å². The molecule has 0 saturated heterocycles. The van der Waals surface area contributed by atoms with Crippen LogP contribution < -0.4 is 5.32 Å². The van der Waals surface area contributed by atoms with Crippen LogP contribution in [0.25, 0.3) is 0 Å². The number of aliphatic hydroxyl groups excluding tert-OH is 1. The zero-order valence-corrected chi connectivity index (χ0v) is 10.1. The van der Waals surface area contributed by atoms with Gasteiger partial charge in [0.05, 0.1) is 13.0 Å². The van der Waals surface area contributed by atoms with Crippen LogP contribution in [0.15, 0.2) is 28.7 Å². The molecule has 0 radical (unpaired) electrons. The van der Waals surface area contributed by atoms with Gasteiger partial charge in [-0.1, -0.05) is 28.1 Å². The second-order valence-corrected chi connectivity index (χ2v) is 4.37. The lowest BCUT2D eigenvalue weighted by molar-refractivity contribution is -0.121. The van der Waals surface area contributed by atoms with Crippen molar-refractivity contribution in [1.29, 1.82) is 0 Å². The molecule has 15 heavy (non-hydrogen) atoms. The summed E-state index contributed by atoms with van der Waals surface area (Å²) in [6.07, 6.45) is 0.345. The Hall–Kier alpha value is -0.870. The van der Waals surface area contributed by atoms with Crippen molar-refractivity contribution in [3.8, 4) is 0 Å². The Bertz CT molecular complexity index is 324. The maximum absolute atomic E-state index is 11.4. The lowest BCUT2D eigenvalue weighted by Crippen LogP contribution is -2.35. The van der Waals surface area contributed by atoms with Crippen LogP contribution >= 0.6 is 15.9 Å². The van der Waals surface area contributed by atoms with E-state index in [4.69, 9.17) is 5.11 Å². The average Bonchev–Trinajstić information content (AvgIpc) is 2.21. The molecular formula is C11H14BrNO2. The van der Waals surface area contributed by atoms with Crippen molar-refractivity contribution in [1.82, 2.24) is 5.32 Å². The lowest BCUT2D eigenvalue weighted by atomic mass is 10.1. The van der Waals surface area contributed by atoms with Crippen LogP contribution in [0.1, 0.15) is 12.5 Å². The Morgan fingerprint density at radius 1 is 1.47 bits per heavy atom. The number of carbonyl (C=O) groups is 1. The van der Waals surface area contributed by atoms with Crippen molar-refractivity contribution >= 4 is 21.8 Å². The maximum atomic E-state index is 11.4. The number of amides is 1. The third-order valence-corrected chi connectivity index (χ3v) is 2.49. The average molecular weight is 272 g/mol. The van der Waals surface area contributed by atoms with Crippen molar-refractivity contribution in [2.24, 2.45) is 0 Å². The molecule has 1 atom stereocenters. The van der Waals surface area contributed by atoms with Crippen LogP contribution in [-0.4, -0.2) is 23.7 Å². The van der Waals surface area contributed by atoms with E-state index in [1.807, 2.05) is 24.3 Å². The fourth-order valence-electron chi connectivity index (χ4n) is 1.16. The Kier molecular flexibility index (Phi) is 4.78. The van der Waals surface area contributed by atoms with Crippen LogP contribution in [0.2, 0.25) is 0 Å². The summed E-state index contributed by atoms with van der Waals surface area (Å²) in [5, 5.41) is 11.5. The van der Waals surface area contributed by atoms with Crippen LogP contribution in [0.5, 0.6) is 0 Å². The number of halogens is 1. The van der Waals surface area contributed by atoms with Crippen molar-refractivity contribution in [2.45, 2.75) is 19.4 Å². The second-order valence-electron chi connectivity index (χ2n) is 3.45. The number of rotatable bonds is 4. The first kappa shape index (κ1) is 12.2. The predicted molar refractivity (Wildman–Crippen MR) is 62.5 cm³/mol. The van der Waals surface area contributed by atoms with Gasteiger partial charge in [0.1, 0.15) is 0 Å². The highest BCUT2D eigenvalue weighted by atomic mass is 79.9. The lowest BCUT2D eigenvalue weighted by Gasteiger charge is -2.10. The topological polar surface area (TPSA) is 49.3 Å². The summed E-state index contributed by atoms with van der Waals surface area (Å²) < 4.78 is 0.996. The quantitative estimate of drug-likeness (QED) is 0.872. The molecule has 0 fully saturated rings. The van der Waals surface area contributed by atoms with Gasteiger partial charge in [-0.3, -0.25) is 4.79 Å². The first-order chi connectivity index (χ1) is 7.11. The number of benzene rings is 1. The summed E-state index contributed by atoms with van der Waals surface area (Å²) in [6, 6.07) is 7.41. The summed E-state index contributed by atoms with van der Waals surface area (Å²) in [5.41, 5.74) is 0.959. The molecule has 0 bridgehead atoms. The van der Waals surface area contributed by atoms with Gasteiger partial charge < -0.3 is 10.4 Å².